The zero-order chi connectivity index (χ0) is 20.0. The molecule has 0 aliphatic heterocycles. The molecule has 0 atom stereocenters. The first-order chi connectivity index (χ1) is 12.7. The summed E-state index contributed by atoms with van der Waals surface area (Å²) in [7, 11) is 0.0118. The third-order valence-electron chi connectivity index (χ3n) is 3.53. The molecule has 0 unspecified atom stereocenters. The second-order valence-electron chi connectivity index (χ2n) is 5.94. The van der Waals surface area contributed by atoms with Crippen LogP contribution in [0.15, 0.2) is 57.9 Å². The Labute approximate surface area is 169 Å². The van der Waals surface area contributed by atoms with E-state index in [1.807, 2.05) is 19.0 Å². The van der Waals surface area contributed by atoms with Crippen molar-refractivity contribution in [2.75, 3.05) is 38.2 Å². The molecule has 0 amide bonds. The Balaban J connectivity index is 2.25. The maximum atomic E-state index is 12.9. The highest BCUT2D eigenvalue weighted by atomic mass is 35.5. The van der Waals surface area contributed by atoms with Gasteiger partial charge in [0.15, 0.2) is 0 Å². The first kappa shape index (κ1) is 21.6. The number of hydrogen-bond donors (Lipinski definition) is 1. The van der Waals surface area contributed by atoms with E-state index < -0.39 is 10.0 Å². The van der Waals surface area contributed by atoms with Crippen molar-refractivity contribution in [3.8, 4) is 5.75 Å². The van der Waals surface area contributed by atoms with Crippen LogP contribution < -0.4 is 9.46 Å². The summed E-state index contributed by atoms with van der Waals surface area (Å²) in [5.41, 5.74) is 1.22. The molecule has 0 radical (unpaired) electrons. The van der Waals surface area contributed by atoms with Crippen molar-refractivity contribution in [2.45, 2.75) is 0 Å². The van der Waals surface area contributed by atoms with Gasteiger partial charge >= 0.3 is 0 Å². The van der Waals surface area contributed by atoms with Crippen LogP contribution >= 0.6 is 23.5 Å². The second-order valence-corrected chi connectivity index (χ2v) is 8.55. The van der Waals surface area contributed by atoms with Gasteiger partial charge in [0.25, 0.3) is 10.0 Å². The van der Waals surface area contributed by atoms with Crippen molar-refractivity contribution < 1.29 is 13.2 Å². The SMILES string of the molecule is C=C1C=CC=C(S(=O)(=O)Nc2ccc(Cl)c(OCCN(C)C)c2)/C1=N/SC. The van der Waals surface area contributed by atoms with Crippen LogP contribution in [0.25, 0.3) is 0 Å². The third kappa shape index (κ3) is 5.87. The molecule has 2 rings (SSSR count). The molecule has 146 valence electrons. The van der Waals surface area contributed by atoms with E-state index in [1.165, 1.54) is 18.0 Å². The molecule has 0 saturated heterocycles. The summed E-state index contributed by atoms with van der Waals surface area (Å²) in [5, 5.41) is 0.412. The Morgan fingerprint density at radius 2 is 2.11 bits per heavy atom. The minimum Gasteiger partial charge on any atom is -0.491 e. The Morgan fingerprint density at radius 1 is 1.37 bits per heavy atom. The Bertz CT molecular complexity index is 906. The number of halogens is 1. The molecule has 1 N–H and O–H groups in total. The fourth-order valence-corrected chi connectivity index (χ4v) is 4.07. The first-order valence-corrected chi connectivity index (χ1v) is 11.1. The van der Waals surface area contributed by atoms with Gasteiger partial charge in [-0.15, -0.1) is 0 Å². The number of rotatable bonds is 8. The van der Waals surface area contributed by atoms with Crippen LogP contribution in [0.4, 0.5) is 5.69 Å². The Hall–Kier alpha value is -1.74. The molecule has 0 aromatic heterocycles. The summed E-state index contributed by atoms with van der Waals surface area (Å²) < 4.78 is 38.1. The molecular weight excluding hydrogens is 406 g/mol. The van der Waals surface area contributed by atoms with Gasteiger partial charge in [-0.25, -0.2) is 12.8 Å². The largest absolute Gasteiger partial charge is 0.491 e. The molecular formula is C18H22ClN3O3S2. The van der Waals surface area contributed by atoms with Gasteiger partial charge in [-0.3, -0.25) is 4.72 Å². The van der Waals surface area contributed by atoms with Gasteiger partial charge in [0.1, 0.15) is 17.3 Å². The minimum atomic E-state index is -3.86. The van der Waals surface area contributed by atoms with Crippen molar-refractivity contribution in [1.82, 2.24) is 4.90 Å². The number of anilines is 1. The zero-order valence-corrected chi connectivity index (χ0v) is 17.8. The Kier molecular flexibility index (Phi) is 7.55. The highest BCUT2D eigenvalue weighted by Gasteiger charge is 2.26. The smallest absolute Gasteiger partial charge is 0.264 e. The van der Waals surface area contributed by atoms with Crippen LogP contribution in [0, 0.1) is 0 Å². The maximum absolute atomic E-state index is 12.9. The molecule has 27 heavy (non-hydrogen) atoms. The molecule has 1 aliphatic carbocycles. The number of likely N-dealkylation sites (N-methyl/N-ethyl adjacent to an activating group) is 1. The van der Waals surface area contributed by atoms with Crippen LogP contribution in [-0.4, -0.2) is 52.5 Å². The molecule has 0 spiro atoms. The summed E-state index contributed by atoms with van der Waals surface area (Å²) in [6.07, 6.45) is 6.60. The highest BCUT2D eigenvalue weighted by molar-refractivity contribution is 7.98. The summed E-state index contributed by atoms with van der Waals surface area (Å²) in [6.45, 7) is 5.00. The molecule has 1 aliphatic rings. The van der Waals surface area contributed by atoms with Gasteiger partial charge in [0, 0.05) is 18.9 Å². The molecule has 0 heterocycles. The normalized spacial score (nSPS) is 16.0. The first-order valence-electron chi connectivity index (χ1n) is 8.03. The Morgan fingerprint density at radius 3 is 2.78 bits per heavy atom. The van der Waals surface area contributed by atoms with Crippen molar-refractivity contribution in [2.24, 2.45) is 4.40 Å². The predicted octanol–water partition coefficient (Wildman–Crippen LogP) is 3.75. The predicted molar refractivity (Wildman–Crippen MR) is 115 cm³/mol. The van der Waals surface area contributed by atoms with Crippen LogP contribution in [0.1, 0.15) is 0 Å². The van der Waals surface area contributed by atoms with Crippen LogP contribution in [0.2, 0.25) is 5.02 Å². The number of nitrogens with zero attached hydrogens (tertiary/aromatic N) is 2. The van der Waals surface area contributed by atoms with Crippen LogP contribution in [0.5, 0.6) is 5.75 Å². The number of sulfonamides is 1. The van der Waals surface area contributed by atoms with E-state index in [-0.39, 0.29) is 4.91 Å². The molecule has 0 fully saturated rings. The van der Waals surface area contributed by atoms with E-state index in [4.69, 9.17) is 16.3 Å². The lowest BCUT2D eigenvalue weighted by molar-refractivity contribution is 0.261. The van der Waals surface area contributed by atoms with Crippen molar-refractivity contribution in [3.63, 3.8) is 0 Å². The molecule has 6 nitrogen and oxygen atoms in total. The van der Waals surface area contributed by atoms with Gasteiger partial charge in [-0.05, 0) is 49.8 Å². The maximum Gasteiger partial charge on any atom is 0.264 e. The minimum absolute atomic E-state index is 0.0642. The van der Waals surface area contributed by atoms with E-state index >= 15 is 0 Å². The molecule has 0 bridgehead atoms. The number of allylic oxidation sites excluding steroid dienone is 5. The van der Waals surface area contributed by atoms with E-state index in [0.29, 0.717) is 40.9 Å². The standard InChI is InChI=1S/C18H22ClN3O3S2/c1-13-6-5-7-17(18(13)20-26-4)27(23,24)21-14-8-9-15(19)16(12-14)25-11-10-22(2)3/h5-9,12,21H,1,10-11H2,2-4H3/b20-18+. The molecule has 1 aromatic rings. The fraction of sp³-hybridized carbons (Fsp3) is 0.278. The van der Waals surface area contributed by atoms with Crippen molar-refractivity contribution >= 4 is 45.0 Å². The monoisotopic (exact) mass is 427 g/mol. The summed E-state index contributed by atoms with van der Waals surface area (Å²) in [6, 6.07) is 4.74. The van der Waals surface area contributed by atoms with Crippen molar-refractivity contribution in [1.29, 1.82) is 0 Å². The molecule has 0 saturated carbocycles. The van der Waals surface area contributed by atoms with E-state index in [0.717, 1.165) is 0 Å². The quantitative estimate of drug-likeness (QED) is 0.639. The van der Waals surface area contributed by atoms with Gasteiger partial charge in [-0.2, -0.15) is 0 Å². The lowest BCUT2D eigenvalue weighted by atomic mass is 10.1. The summed E-state index contributed by atoms with van der Waals surface area (Å²) in [4.78, 5) is 2.04. The summed E-state index contributed by atoms with van der Waals surface area (Å²) in [5.74, 6) is 0.415. The summed E-state index contributed by atoms with van der Waals surface area (Å²) >= 11 is 7.32. The zero-order valence-electron chi connectivity index (χ0n) is 15.4. The number of hydrogen-bond acceptors (Lipinski definition) is 6. The average molecular weight is 428 g/mol. The second kappa shape index (κ2) is 9.45. The molecule has 9 heteroatoms. The average Bonchev–Trinajstić information content (AvgIpc) is 2.59. The van der Waals surface area contributed by atoms with Crippen LogP contribution in [-0.2, 0) is 10.0 Å². The topological polar surface area (TPSA) is 71.0 Å². The van der Waals surface area contributed by atoms with Crippen LogP contribution in [0.3, 0.4) is 0 Å². The van der Waals surface area contributed by atoms with E-state index in [1.54, 1.807) is 36.6 Å². The number of ether oxygens (including phenoxy) is 1. The van der Waals surface area contributed by atoms with E-state index in [9.17, 15) is 8.42 Å². The van der Waals surface area contributed by atoms with Gasteiger partial charge < -0.3 is 9.64 Å². The van der Waals surface area contributed by atoms with Gasteiger partial charge in [-0.1, -0.05) is 30.3 Å². The lowest BCUT2D eigenvalue weighted by Crippen LogP contribution is -2.22. The van der Waals surface area contributed by atoms with Gasteiger partial charge in [0.05, 0.1) is 16.4 Å². The number of nitrogens with one attached hydrogen (secondary N) is 1. The number of benzene rings is 1. The van der Waals surface area contributed by atoms with Gasteiger partial charge in [0.2, 0.25) is 0 Å². The van der Waals surface area contributed by atoms with E-state index in [2.05, 4.69) is 15.7 Å². The molecule has 1 aromatic carbocycles. The third-order valence-corrected chi connectivity index (χ3v) is 5.62. The lowest BCUT2D eigenvalue weighted by Gasteiger charge is -2.17. The fourth-order valence-electron chi connectivity index (χ4n) is 2.21. The van der Waals surface area contributed by atoms with Crippen molar-refractivity contribution in [3.05, 3.63) is 58.5 Å². The highest BCUT2D eigenvalue weighted by Crippen LogP contribution is 2.30.